The Morgan fingerprint density at radius 3 is 2.28 bits per heavy atom. The number of hydrogen-bond acceptors (Lipinski definition) is 8. The number of likely N-dealkylation sites (tertiary alicyclic amines) is 1. The maximum Gasteiger partial charge on any atom is 0.262 e. The van der Waals surface area contributed by atoms with Crippen molar-refractivity contribution < 1.29 is 33.1 Å². The summed E-state index contributed by atoms with van der Waals surface area (Å²) in [5, 5.41) is 2.23. The van der Waals surface area contributed by atoms with Crippen LogP contribution in [0.25, 0.3) is 4.85 Å². The number of halogens is 1. The van der Waals surface area contributed by atoms with Gasteiger partial charge in [0.15, 0.2) is 0 Å². The number of carbonyl (C=O) groups excluding carboxylic acids is 5. The molecule has 0 aromatic heterocycles. The third-order valence-corrected chi connectivity index (χ3v) is 12.8. The third-order valence-electron chi connectivity index (χ3n) is 12.8. The number of amides is 5. The minimum absolute atomic E-state index is 0.0140. The monoisotopic (exact) mass is 768 g/mol. The molecule has 290 valence electrons. The molecule has 9 rings (SSSR count). The number of rotatable bonds is 6. The molecule has 4 fully saturated rings. The molecule has 12 nitrogen and oxygen atoms in total. The molecule has 1 atom stereocenters. The van der Waals surface area contributed by atoms with Gasteiger partial charge in [0.05, 0.1) is 17.7 Å². The van der Waals surface area contributed by atoms with E-state index in [1.165, 1.54) is 12.1 Å². The van der Waals surface area contributed by atoms with Gasteiger partial charge in [-0.3, -0.25) is 39.1 Å². The van der Waals surface area contributed by atoms with Crippen molar-refractivity contribution in [3.8, 4) is 17.6 Å². The van der Waals surface area contributed by atoms with Gasteiger partial charge in [-0.15, -0.1) is 0 Å². The fourth-order valence-electron chi connectivity index (χ4n) is 10.3. The Hall–Kier alpha value is -6.05. The van der Waals surface area contributed by atoms with Crippen molar-refractivity contribution in [1.29, 1.82) is 0 Å². The Balaban J connectivity index is 0.783. The van der Waals surface area contributed by atoms with Crippen molar-refractivity contribution in [2.24, 2.45) is 16.7 Å². The molecule has 3 aromatic rings. The van der Waals surface area contributed by atoms with Crippen LogP contribution in [0, 0.1) is 41.0 Å². The summed E-state index contributed by atoms with van der Waals surface area (Å²) >= 11 is 0. The molecule has 0 radical (unpaired) electrons. The standard InChI is InChI=1S/C44H41FN6O6/c1-43(2)41(44(3,4)42(43)57-29-10-13-34(46-5)33(45)18-29)50-21-26-16-24(8-11-30(26)38(50)54)6-7-25-19-48(20-25)28-22-49(23-28)27-9-12-31-32(17-27)40(56)51(39(31)55)35-14-15-36(52)47-37(35)53/h8-13,16-18,25,28,35,41-42H,14-15,19-23H2,1-4H3,(H,47,52,53). The quantitative estimate of drug-likeness (QED) is 0.216. The van der Waals surface area contributed by atoms with Crippen molar-refractivity contribution in [1.82, 2.24) is 20.0 Å². The molecule has 13 heteroatoms. The molecule has 0 spiro atoms. The summed E-state index contributed by atoms with van der Waals surface area (Å²) < 4.78 is 20.7. The maximum absolute atomic E-state index is 14.3. The number of ether oxygens (including phenoxy) is 1. The van der Waals surface area contributed by atoms with Crippen LogP contribution < -0.4 is 15.0 Å². The van der Waals surface area contributed by atoms with E-state index < -0.39 is 46.3 Å². The molecular formula is C44H41FN6O6. The van der Waals surface area contributed by atoms with Gasteiger partial charge in [0.25, 0.3) is 17.7 Å². The number of benzene rings is 3. The SMILES string of the molecule is [C-]#[N+]c1ccc(OC2C(C)(C)C(N3Cc4cc(C#CC5CN(C6CN(c7ccc8c(c7)C(=O)N(C7CCC(=O)NC7=O)C8=O)C6)C5)ccc4C3=O)C2(C)C)cc1F. The highest BCUT2D eigenvalue weighted by Crippen LogP contribution is 2.59. The van der Waals surface area contributed by atoms with Gasteiger partial charge in [-0.1, -0.05) is 39.5 Å². The number of anilines is 1. The highest BCUT2D eigenvalue weighted by Gasteiger charge is 2.67. The minimum Gasteiger partial charge on any atom is -0.489 e. The first-order chi connectivity index (χ1) is 27.1. The van der Waals surface area contributed by atoms with Gasteiger partial charge < -0.3 is 14.5 Å². The van der Waals surface area contributed by atoms with E-state index in [0.717, 1.165) is 47.9 Å². The molecule has 1 aliphatic carbocycles. The van der Waals surface area contributed by atoms with Crippen LogP contribution in [0.2, 0.25) is 0 Å². The first-order valence-corrected chi connectivity index (χ1v) is 19.3. The molecular weight excluding hydrogens is 728 g/mol. The van der Waals surface area contributed by atoms with E-state index in [-0.39, 0.29) is 53.6 Å². The van der Waals surface area contributed by atoms with Crippen LogP contribution in [0.3, 0.4) is 0 Å². The van der Waals surface area contributed by atoms with E-state index in [2.05, 4.69) is 59.5 Å². The molecule has 1 unspecified atom stereocenters. The maximum atomic E-state index is 14.3. The van der Waals surface area contributed by atoms with Crippen LogP contribution in [0.15, 0.2) is 54.6 Å². The summed E-state index contributed by atoms with van der Waals surface area (Å²) in [6, 6.07) is 14.6. The molecule has 57 heavy (non-hydrogen) atoms. The summed E-state index contributed by atoms with van der Waals surface area (Å²) in [5.41, 5.74) is 3.01. The van der Waals surface area contributed by atoms with Gasteiger partial charge >= 0.3 is 0 Å². The number of fused-ring (bicyclic) bond motifs is 2. The van der Waals surface area contributed by atoms with Crippen LogP contribution >= 0.6 is 0 Å². The third kappa shape index (κ3) is 5.78. The number of imide groups is 2. The van der Waals surface area contributed by atoms with E-state index in [1.54, 1.807) is 18.2 Å². The second-order valence-electron chi connectivity index (χ2n) is 17.2. The predicted octanol–water partition coefficient (Wildman–Crippen LogP) is 4.79. The fourth-order valence-corrected chi connectivity index (χ4v) is 10.3. The smallest absolute Gasteiger partial charge is 0.262 e. The van der Waals surface area contributed by atoms with Crippen molar-refractivity contribution in [3.05, 3.63) is 99.6 Å². The van der Waals surface area contributed by atoms with Gasteiger partial charge in [-0.05, 0) is 60.5 Å². The van der Waals surface area contributed by atoms with Crippen molar-refractivity contribution in [2.75, 3.05) is 31.1 Å². The highest BCUT2D eigenvalue weighted by atomic mass is 19.1. The van der Waals surface area contributed by atoms with Gasteiger partial charge in [-0.2, -0.15) is 0 Å². The Morgan fingerprint density at radius 2 is 1.58 bits per heavy atom. The van der Waals surface area contributed by atoms with Crippen LogP contribution in [0.4, 0.5) is 15.8 Å². The topological polar surface area (TPSA) is 124 Å². The van der Waals surface area contributed by atoms with Gasteiger partial charge in [0, 0.05) is 90.9 Å². The number of piperidine rings is 1. The average molecular weight is 769 g/mol. The lowest BCUT2D eigenvalue weighted by molar-refractivity contribution is -0.199. The molecule has 5 aliphatic heterocycles. The molecule has 1 N–H and O–H groups in total. The first-order valence-electron chi connectivity index (χ1n) is 19.3. The van der Waals surface area contributed by atoms with Crippen molar-refractivity contribution in [3.63, 3.8) is 0 Å². The Morgan fingerprint density at radius 1 is 0.860 bits per heavy atom. The van der Waals surface area contributed by atoms with E-state index in [9.17, 15) is 28.4 Å². The van der Waals surface area contributed by atoms with Gasteiger partial charge in [0.2, 0.25) is 17.5 Å². The Bertz CT molecular complexity index is 2400. The molecule has 1 saturated carbocycles. The summed E-state index contributed by atoms with van der Waals surface area (Å²) in [5.74, 6) is 4.69. The number of nitrogens with zero attached hydrogens (tertiary/aromatic N) is 5. The van der Waals surface area contributed by atoms with Gasteiger partial charge in [0.1, 0.15) is 23.7 Å². The normalized spacial score (nSPS) is 25.1. The van der Waals surface area contributed by atoms with Crippen molar-refractivity contribution in [2.45, 2.75) is 71.3 Å². The number of nitrogens with one attached hydrogen (secondary N) is 1. The summed E-state index contributed by atoms with van der Waals surface area (Å²) in [6.45, 7) is 19.2. The van der Waals surface area contributed by atoms with E-state index in [0.29, 0.717) is 23.9 Å². The van der Waals surface area contributed by atoms with E-state index in [4.69, 9.17) is 11.3 Å². The highest BCUT2D eigenvalue weighted by molar-refractivity contribution is 6.23. The molecule has 0 bridgehead atoms. The predicted molar refractivity (Wildman–Crippen MR) is 206 cm³/mol. The van der Waals surface area contributed by atoms with Crippen LogP contribution in [0.1, 0.15) is 82.7 Å². The fraction of sp³-hybridized carbons (Fsp3) is 0.409. The molecule has 3 saturated heterocycles. The Kier molecular flexibility index (Phi) is 8.34. The minimum atomic E-state index is -0.988. The van der Waals surface area contributed by atoms with E-state index >= 15 is 0 Å². The lowest BCUT2D eigenvalue weighted by Gasteiger charge is -2.65. The van der Waals surface area contributed by atoms with Crippen LogP contribution in [0.5, 0.6) is 5.75 Å². The summed E-state index contributed by atoms with van der Waals surface area (Å²) in [7, 11) is 0. The lowest BCUT2D eigenvalue weighted by atomic mass is 9.49. The number of carbonyl (C=O) groups is 5. The van der Waals surface area contributed by atoms with E-state index in [1.807, 2.05) is 29.2 Å². The second kappa shape index (κ2) is 13.0. The first kappa shape index (κ1) is 36.6. The largest absolute Gasteiger partial charge is 0.489 e. The van der Waals surface area contributed by atoms with Gasteiger partial charge in [-0.25, -0.2) is 9.24 Å². The van der Waals surface area contributed by atoms with Crippen LogP contribution in [-0.4, -0.2) is 94.6 Å². The second-order valence-corrected chi connectivity index (χ2v) is 17.2. The van der Waals surface area contributed by atoms with Crippen LogP contribution in [-0.2, 0) is 16.1 Å². The molecule has 6 aliphatic rings. The molecule has 5 heterocycles. The lowest BCUT2D eigenvalue weighted by Crippen LogP contribution is -2.74. The zero-order valence-corrected chi connectivity index (χ0v) is 32.1. The Labute approximate surface area is 329 Å². The average Bonchev–Trinajstić information content (AvgIpc) is 3.57. The summed E-state index contributed by atoms with van der Waals surface area (Å²) in [4.78, 5) is 74.8. The summed E-state index contributed by atoms with van der Waals surface area (Å²) in [6.07, 6.45) is -0.0843. The zero-order chi connectivity index (χ0) is 40.1. The zero-order valence-electron chi connectivity index (χ0n) is 32.1. The number of hydrogen-bond donors (Lipinski definition) is 1. The molecule has 3 aromatic carbocycles. The van der Waals surface area contributed by atoms with Crippen molar-refractivity contribution >= 4 is 40.9 Å². The molecule has 5 amide bonds.